The average molecular weight is 385 g/mol. The van der Waals surface area contributed by atoms with Gasteiger partial charge in [-0.15, -0.1) is 0 Å². The second-order valence-electron chi connectivity index (χ2n) is 5.82. The Morgan fingerprint density at radius 1 is 1.04 bits per heavy atom. The maximum atomic E-state index is 12.1. The van der Waals surface area contributed by atoms with Crippen molar-refractivity contribution in [2.75, 3.05) is 25.1 Å². The first-order valence-electron chi connectivity index (χ1n) is 8.69. The van der Waals surface area contributed by atoms with Gasteiger partial charge >= 0.3 is 11.9 Å². The van der Waals surface area contributed by atoms with Gasteiger partial charge in [-0.1, -0.05) is 12.1 Å². The molecule has 0 bridgehead atoms. The lowest BCUT2D eigenvalue weighted by molar-refractivity contribution is -0.156. The zero-order chi connectivity index (χ0) is 19.9. The molecular formula is C20H19NO7. The summed E-state index contributed by atoms with van der Waals surface area (Å²) in [5, 5.41) is 2.57. The largest absolute Gasteiger partial charge is 0.485 e. The van der Waals surface area contributed by atoms with Crippen LogP contribution in [0.5, 0.6) is 11.5 Å². The minimum absolute atomic E-state index is 0.00673. The Hall–Kier alpha value is -3.55. The number of nitrogens with one attached hydrogen (secondary N) is 1. The van der Waals surface area contributed by atoms with Crippen LogP contribution in [0.4, 0.5) is 5.69 Å². The molecule has 0 aromatic heterocycles. The molecule has 1 heterocycles. The number of ether oxygens (including phenoxy) is 4. The number of esters is 2. The topological polar surface area (TPSA) is 100 Å². The Morgan fingerprint density at radius 3 is 2.46 bits per heavy atom. The summed E-state index contributed by atoms with van der Waals surface area (Å²) >= 11 is 0. The van der Waals surface area contributed by atoms with Crippen LogP contribution in [0, 0.1) is 0 Å². The lowest BCUT2D eigenvalue weighted by Crippen LogP contribution is -2.39. The highest BCUT2D eigenvalue weighted by Gasteiger charge is 2.29. The average Bonchev–Trinajstić information content (AvgIpc) is 2.72. The van der Waals surface area contributed by atoms with Gasteiger partial charge in [0.2, 0.25) is 6.10 Å². The molecule has 146 valence electrons. The van der Waals surface area contributed by atoms with Crippen LogP contribution in [0.1, 0.15) is 17.3 Å². The van der Waals surface area contributed by atoms with E-state index in [1.54, 1.807) is 43.3 Å². The fourth-order valence-electron chi connectivity index (χ4n) is 2.47. The third kappa shape index (κ3) is 4.79. The first-order valence-corrected chi connectivity index (χ1v) is 8.69. The van der Waals surface area contributed by atoms with E-state index in [1.807, 2.05) is 0 Å². The molecular weight excluding hydrogens is 366 g/mol. The molecule has 28 heavy (non-hydrogen) atoms. The number of rotatable bonds is 6. The first kappa shape index (κ1) is 19.2. The summed E-state index contributed by atoms with van der Waals surface area (Å²) < 4.78 is 20.8. The number of carbonyl (C=O) groups excluding carboxylic acids is 3. The van der Waals surface area contributed by atoms with Crippen LogP contribution < -0.4 is 14.8 Å². The summed E-state index contributed by atoms with van der Waals surface area (Å²) in [6.07, 6.45) is -0.938. The van der Waals surface area contributed by atoms with Crippen molar-refractivity contribution in [1.29, 1.82) is 0 Å². The maximum Gasteiger partial charge on any atom is 0.351 e. The predicted octanol–water partition coefficient (Wildman–Crippen LogP) is 2.18. The summed E-state index contributed by atoms with van der Waals surface area (Å²) in [7, 11) is 0. The van der Waals surface area contributed by atoms with Crippen molar-refractivity contribution in [3.05, 3.63) is 54.1 Å². The Bertz CT molecular complexity index is 863. The molecule has 1 aliphatic heterocycles. The molecule has 2 aromatic carbocycles. The molecule has 3 rings (SSSR count). The first-order chi connectivity index (χ1) is 13.6. The summed E-state index contributed by atoms with van der Waals surface area (Å²) in [5.74, 6) is -0.653. The summed E-state index contributed by atoms with van der Waals surface area (Å²) in [5.41, 5.74) is 0.835. The van der Waals surface area contributed by atoms with Crippen molar-refractivity contribution < 1.29 is 33.3 Å². The zero-order valence-electron chi connectivity index (χ0n) is 15.2. The molecule has 2 aromatic rings. The predicted molar refractivity (Wildman–Crippen MR) is 98.3 cm³/mol. The van der Waals surface area contributed by atoms with E-state index in [9.17, 15) is 14.4 Å². The minimum atomic E-state index is -0.938. The van der Waals surface area contributed by atoms with Gasteiger partial charge in [0.15, 0.2) is 18.1 Å². The third-order valence-electron chi connectivity index (χ3n) is 3.80. The van der Waals surface area contributed by atoms with Gasteiger partial charge in [-0.05, 0) is 43.3 Å². The number of para-hydroxylation sites is 2. The van der Waals surface area contributed by atoms with Crippen LogP contribution in [0.2, 0.25) is 0 Å². The molecule has 1 aliphatic rings. The zero-order valence-corrected chi connectivity index (χ0v) is 15.2. The van der Waals surface area contributed by atoms with Gasteiger partial charge in [0.1, 0.15) is 6.61 Å². The van der Waals surface area contributed by atoms with E-state index in [-0.39, 0.29) is 13.2 Å². The van der Waals surface area contributed by atoms with Crippen molar-refractivity contribution in [2.45, 2.75) is 13.0 Å². The Kier molecular flexibility index (Phi) is 6.11. The molecule has 8 nitrogen and oxygen atoms in total. The normalized spacial score (nSPS) is 14.7. The van der Waals surface area contributed by atoms with E-state index >= 15 is 0 Å². The number of fused-ring (bicyclic) bond motifs is 1. The summed E-state index contributed by atoms with van der Waals surface area (Å²) in [4.78, 5) is 35.6. The number of hydrogen-bond acceptors (Lipinski definition) is 7. The Labute approximate surface area is 161 Å². The smallest absolute Gasteiger partial charge is 0.351 e. The fraction of sp³-hybridized carbons (Fsp3) is 0.250. The van der Waals surface area contributed by atoms with E-state index in [0.717, 1.165) is 0 Å². The van der Waals surface area contributed by atoms with Gasteiger partial charge in [0, 0.05) is 5.69 Å². The monoisotopic (exact) mass is 385 g/mol. The number of hydrogen-bond donors (Lipinski definition) is 1. The molecule has 8 heteroatoms. The number of carbonyl (C=O) groups is 3. The second kappa shape index (κ2) is 8.90. The van der Waals surface area contributed by atoms with Crippen molar-refractivity contribution in [3.63, 3.8) is 0 Å². The highest BCUT2D eigenvalue weighted by Crippen LogP contribution is 2.31. The number of amides is 1. The Morgan fingerprint density at radius 2 is 1.75 bits per heavy atom. The van der Waals surface area contributed by atoms with E-state index in [4.69, 9.17) is 18.9 Å². The van der Waals surface area contributed by atoms with Gasteiger partial charge in [0.05, 0.1) is 12.2 Å². The van der Waals surface area contributed by atoms with Gasteiger partial charge in [-0.3, -0.25) is 4.79 Å². The molecule has 0 spiro atoms. The number of benzene rings is 2. The summed E-state index contributed by atoms with van der Waals surface area (Å²) in [6, 6.07) is 13.1. The van der Waals surface area contributed by atoms with Crippen LogP contribution in [0.15, 0.2) is 48.5 Å². The van der Waals surface area contributed by atoms with Gasteiger partial charge < -0.3 is 24.3 Å². The van der Waals surface area contributed by atoms with Crippen LogP contribution >= 0.6 is 0 Å². The van der Waals surface area contributed by atoms with Gasteiger partial charge in [0.25, 0.3) is 5.91 Å². The molecule has 0 unspecified atom stereocenters. The maximum absolute atomic E-state index is 12.1. The van der Waals surface area contributed by atoms with Crippen molar-refractivity contribution in [2.24, 2.45) is 0 Å². The SMILES string of the molecule is CCOC(=O)c1ccc(NC(=O)COC(=O)[C@H]2COc3ccccc3O2)cc1. The van der Waals surface area contributed by atoms with Crippen LogP contribution in [-0.2, 0) is 19.1 Å². The lowest BCUT2D eigenvalue weighted by Gasteiger charge is -2.24. The van der Waals surface area contributed by atoms with Gasteiger partial charge in [-0.2, -0.15) is 0 Å². The molecule has 0 aliphatic carbocycles. The molecule has 1 atom stereocenters. The second-order valence-corrected chi connectivity index (χ2v) is 5.82. The minimum Gasteiger partial charge on any atom is -0.485 e. The standard InChI is InChI=1S/C20H19NO7/c1-2-25-19(23)13-7-9-14(10-8-13)21-18(22)12-27-20(24)17-11-26-15-5-3-4-6-16(15)28-17/h3-10,17H,2,11-12H2,1H3,(H,21,22)/t17-/m1/s1. The van der Waals surface area contributed by atoms with Crippen LogP contribution in [-0.4, -0.2) is 43.8 Å². The fourth-order valence-corrected chi connectivity index (χ4v) is 2.47. The quantitative estimate of drug-likeness (QED) is 0.761. The molecule has 1 N–H and O–H groups in total. The Balaban J connectivity index is 1.46. The number of anilines is 1. The van der Waals surface area contributed by atoms with E-state index in [0.29, 0.717) is 22.7 Å². The van der Waals surface area contributed by atoms with Crippen molar-refractivity contribution in [1.82, 2.24) is 0 Å². The van der Waals surface area contributed by atoms with E-state index in [2.05, 4.69) is 5.32 Å². The third-order valence-corrected chi connectivity index (χ3v) is 3.80. The van der Waals surface area contributed by atoms with Crippen LogP contribution in [0.3, 0.4) is 0 Å². The molecule has 1 amide bonds. The lowest BCUT2D eigenvalue weighted by atomic mass is 10.2. The van der Waals surface area contributed by atoms with Crippen LogP contribution in [0.25, 0.3) is 0 Å². The summed E-state index contributed by atoms with van der Waals surface area (Å²) in [6.45, 7) is 1.54. The van der Waals surface area contributed by atoms with E-state index < -0.39 is 30.6 Å². The molecule has 0 radical (unpaired) electrons. The highest BCUT2D eigenvalue weighted by atomic mass is 16.6. The molecule has 0 fully saturated rings. The van der Waals surface area contributed by atoms with Crippen molar-refractivity contribution >= 4 is 23.5 Å². The van der Waals surface area contributed by atoms with Crippen molar-refractivity contribution in [3.8, 4) is 11.5 Å². The van der Waals surface area contributed by atoms with Gasteiger partial charge in [-0.25, -0.2) is 9.59 Å². The highest BCUT2D eigenvalue weighted by molar-refractivity contribution is 5.94. The molecule has 0 saturated carbocycles. The molecule has 0 saturated heterocycles. The van der Waals surface area contributed by atoms with E-state index in [1.165, 1.54) is 12.1 Å².